The smallest absolute Gasteiger partial charge is 0.241 e. The second-order valence-electron chi connectivity index (χ2n) is 5.65. The molecule has 1 aliphatic rings. The molecule has 0 amide bonds. The molecule has 4 nitrogen and oxygen atoms in total. The molecule has 1 aromatic rings. The number of halogens is 1. The van der Waals surface area contributed by atoms with Crippen LogP contribution in [0.3, 0.4) is 0 Å². The first kappa shape index (κ1) is 15.3. The standard InChI is InChI=1S/C14H21FN2O2S/c1-9-4-3-5-11(9)8-17-20(18,19)14-7-12(16)6-13(15)10(14)2/h6-7,9,11,17H,3-5,8,16H2,1-2H3. The van der Waals surface area contributed by atoms with Crippen LogP contribution in [0.25, 0.3) is 0 Å². The van der Waals surface area contributed by atoms with Gasteiger partial charge in [0.1, 0.15) is 5.82 Å². The molecule has 0 heterocycles. The molecule has 2 atom stereocenters. The van der Waals surface area contributed by atoms with Crippen LogP contribution < -0.4 is 10.5 Å². The van der Waals surface area contributed by atoms with Crippen LogP contribution in [0, 0.1) is 24.6 Å². The Bertz CT molecular complexity index is 601. The van der Waals surface area contributed by atoms with Crippen LogP contribution in [0.5, 0.6) is 0 Å². The van der Waals surface area contributed by atoms with Gasteiger partial charge in [-0.25, -0.2) is 17.5 Å². The maximum atomic E-state index is 13.6. The Morgan fingerprint density at radius 2 is 2.10 bits per heavy atom. The largest absolute Gasteiger partial charge is 0.399 e. The summed E-state index contributed by atoms with van der Waals surface area (Å²) in [5.41, 5.74) is 5.75. The second kappa shape index (κ2) is 5.69. The molecule has 1 aromatic carbocycles. The van der Waals surface area contributed by atoms with E-state index in [9.17, 15) is 12.8 Å². The Morgan fingerprint density at radius 1 is 1.40 bits per heavy atom. The SMILES string of the molecule is Cc1c(F)cc(N)cc1S(=O)(=O)NCC1CCCC1C. The summed E-state index contributed by atoms with van der Waals surface area (Å²) in [5.74, 6) is 0.284. The highest BCUT2D eigenvalue weighted by Crippen LogP contribution is 2.31. The molecule has 3 N–H and O–H groups in total. The van der Waals surface area contributed by atoms with E-state index in [0.29, 0.717) is 18.4 Å². The quantitative estimate of drug-likeness (QED) is 0.839. The lowest BCUT2D eigenvalue weighted by molar-refractivity contribution is 0.414. The van der Waals surface area contributed by atoms with E-state index >= 15 is 0 Å². The van der Waals surface area contributed by atoms with Gasteiger partial charge in [0.05, 0.1) is 4.90 Å². The molecule has 1 saturated carbocycles. The van der Waals surface area contributed by atoms with Crippen molar-refractivity contribution in [2.75, 3.05) is 12.3 Å². The molecule has 6 heteroatoms. The zero-order valence-corrected chi connectivity index (χ0v) is 12.6. The average molecular weight is 300 g/mol. The molecule has 0 bridgehead atoms. The monoisotopic (exact) mass is 300 g/mol. The second-order valence-corrected chi connectivity index (χ2v) is 7.38. The van der Waals surface area contributed by atoms with Crippen molar-refractivity contribution in [3.8, 4) is 0 Å². The van der Waals surface area contributed by atoms with Crippen molar-refractivity contribution in [3.05, 3.63) is 23.5 Å². The molecule has 1 fully saturated rings. The number of anilines is 1. The number of hydrogen-bond acceptors (Lipinski definition) is 3. The van der Waals surface area contributed by atoms with Crippen molar-refractivity contribution in [1.82, 2.24) is 4.72 Å². The molecule has 2 rings (SSSR count). The fraction of sp³-hybridized carbons (Fsp3) is 0.571. The van der Waals surface area contributed by atoms with Gasteiger partial charge in [0.25, 0.3) is 0 Å². The lowest BCUT2D eigenvalue weighted by Crippen LogP contribution is -2.31. The van der Waals surface area contributed by atoms with E-state index in [1.807, 2.05) is 0 Å². The van der Waals surface area contributed by atoms with E-state index < -0.39 is 15.8 Å². The average Bonchev–Trinajstić information content (AvgIpc) is 2.77. The minimum Gasteiger partial charge on any atom is -0.399 e. The molecule has 112 valence electrons. The van der Waals surface area contributed by atoms with Crippen molar-refractivity contribution in [2.45, 2.75) is 38.0 Å². The summed E-state index contributed by atoms with van der Waals surface area (Å²) in [5, 5.41) is 0. The Balaban J connectivity index is 2.18. The zero-order chi connectivity index (χ0) is 14.9. The number of nitrogens with one attached hydrogen (secondary N) is 1. The van der Waals surface area contributed by atoms with Gasteiger partial charge < -0.3 is 5.73 Å². The molecule has 0 aliphatic heterocycles. The van der Waals surface area contributed by atoms with Crippen LogP contribution in [0.1, 0.15) is 31.7 Å². The summed E-state index contributed by atoms with van der Waals surface area (Å²) in [7, 11) is -3.72. The van der Waals surface area contributed by atoms with Gasteiger partial charge in [0.15, 0.2) is 0 Å². The van der Waals surface area contributed by atoms with Crippen LogP contribution in [0.2, 0.25) is 0 Å². The summed E-state index contributed by atoms with van der Waals surface area (Å²) >= 11 is 0. The van der Waals surface area contributed by atoms with E-state index in [1.54, 1.807) is 0 Å². The molecule has 0 aromatic heterocycles. The minimum atomic E-state index is -3.72. The molecule has 2 unspecified atom stereocenters. The Kier molecular flexibility index (Phi) is 4.34. The van der Waals surface area contributed by atoms with Gasteiger partial charge in [-0.2, -0.15) is 0 Å². The Morgan fingerprint density at radius 3 is 2.70 bits per heavy atom. The van der Waals surface area contributed by atoms with Gasteiger partial charge in [-0.15, -0.1) is 0 Å². The first-order valence-corrected chi connectivity index (χ1v) is 8.35. The number of nitrogen functional groups attached to an aromatic ring is 1. The number of benzene rings is 1. The van der Waals surface area contributed by atoms with Crippen molar-refractivity contribution in [3.63, 3.8) is 0 Å². The van der Waals surface area contributed by atoms with Crippen molar-refractivity contribution >= 4 is 15.7 Å². The predicted octanol–water partition coefficient (Wildman–Crippen LogP) is 2.43. The van der Waals surface area contributed by atoms with Gasteiger partial charge in [-0.05, 0) is 37.3 Å². The summed E-state index contributed by atoms with van der Waals surface area (Å²) in [4.78, 5) is -0.0688. The Hall–Kier alpha value is -1.14. The molecule has 1 aliphatic carbocycles. The topological polar surface area (TPSA) is 72.2 Å². The fourth-order valence-corrected chi connectivity index (χ4v) is 4.15. The van der Waals surface area contributed by atoms with Crippen LogP contribution in [-0.4, -0.2) is 15.0 Å². The molecule has 0 spiro atoms. The first-order chi connectivity index (χ1) is 9.31. The molecular formula is C14H21FN2O2S. The van der Waals surface area contributed by atoms with Crippen LogP contribution in [0.15, 0.2) is 17.0 Å². The third-order valence-electron chi connectivity index (χ3n) is 4.18. The Labute approximate surface area is 119 Å². The lowest BCUT2D eigenvalue weighted by atomic mass is 9.99. The fourth-order valence-electron chi connectivity index (χ4n) is 2.77. The highest BCUT2D eigenvalue weighted by atomic mass is 32.2. The first-order valence-electron chi connectivity index (χ1n) is 6.86. The molecule has 0 radical (unpaired) electrons. The van der Waals surface area contributed by atoms with Gasteiger partial charge in [0, 0.05) is 17.8 Å². The number of sulfonamides is 1. The highest BCUT2D eigenvalue weighted by molar-refractivity contribution is 7.89. The molecule has 20 heavy (non-hydrogen) atoms. The number of hydrogen-bond donors (Lipinski definition) is 2. The summed E-state index contributed by atoms with van der Waals surface area (Å²) in [6.45, 7) is 3.98. The number of rotatable bonds is 4. The minimum absolute atomic E-state index is 0.0688. The van der Waals surface area contributed by atoms with Gasteiger partial charge in [-0.3, -0.25) is 0 Å². The maximum absolute atomic E-state index is 13.6. The van der Waals surface area contributed by atoms with E-state index in [-0.39, 0.29) is 16.1 Å². The van der Waals surface area contributed by atoms with Crippen molar-refractivity contribution in [2.24, 2.45) is 11.8 Å². The highest BCUT2D eigenvalue weighted by Gasteiger charge is 2.26. The van der Waals surface area contributed by atoms with E-state index in [2.05, 4.69) is 11.6 Å². The molecule has 0 saturated heterocycles. The normalized spacial score (nSPS) is 23.1. The maximum Gasteiger partial charge on any atom is 0.241 e. The van der Waals surface area contributed by atoms with Gasteiger partial charge in [0.2, 0.25) is 10.0 Å². The third kappa shape index (κ3) is 3.12. The summed E-state index contributed by atoms with van der Waals surface area (Å²) in [6.07, 6.45) is 3.31. The van der Waals surface area contributed by atoms with Crippen LogP contribution in [-0.2, 0) is 10.0 Å². The summed E-state index contributed by atoms with van der Waals surface area (Å²) < 4.78 is 40.8. The van der Waals surface area contributed by atoms with E-state index in [1.165, 1.54) is 13.0 Å². The van der Waals surface area contributed by atoms with Gasteiger partial charge in [-0.1, -0.05) is 19.8 Å². The van der Waals surface area contributed by atoms with Crippen molar-refractivity contribution in [1.29, 1.82) is 0 Å². The van der Waals surface area contributed by atoms with E-state index in [0.717, 1.165) is 25.3 Å². The zero-order valence-electron chi connectivity index (χ0n) is 11.8. The molecular weight excluding hydrogens is 279 g/mol. The third-order valence-corrected chi connectivity index (χ3v) is 5.73. The predicted molar refractivity (Wildman–Crippen MR) is 77.2 cm³/mol. The van der Waals surface area contributed by atoms with Gasteiger partial charge >= 0.3 is 0 Å². The van der Waals surface area contributed by atoms with Crippen LogP contribution in [0.4, 0.5) is 10.1 Å². The summed E-state index contributed by atoms with van der Waals surface area (Å²) in [6, 6.07) is 2.44. The van der Waals surface area contributed by atoms with Crippen LogP contribution >= 0.6 is 0 Å². The lowest BCUT2D eigenvalue weighted by Gasteiger charge is -2.17. The number of nitrogens with two attached hydrogens (primary N) is 1. The van der Waals surface area contributed by atoms with E-state index in [4.69, 9.17) is 5.73 Å². The van der Waals surface area contributed by atoms with Crippen molar-refractivity contribution < 1.29 is 12.8 Å².